The number of nitrogens with zero attached hydrogens (tertiary/aromatic N) is 3. The van der Waals surface area contributed by atoms with Crippen molar-refractivity contribution in [2.45, 2.75) is 13.3 Å². The lowest BCUT2D eigenvalue weighted by atomic mass is 10.1. The molecule has 0 atom stereocenters. The first-order chi connectivity index (χ1) is 14.7. The van der Waals surface area contributed by atoms with E-state index >= 15 is 0 Å². The van der Waals surface area contributed by atoms with Crippen LogP contribution in [0.15, 0.2) is 37.6 Å². The number of anilines is 1. The number of nitrogens with one attached hydrogen (secondary N) is 1. The molecule has 160 valence electrons. The number of carbonyl (C=O) groups excluding carboxylic acids is 1. The molecule has 0 spiro atoms. The largest absolute Gasteiger partial charge is 0.444 e. The number of fused-ring (bicyclic) bond motifs is 1. The number of amides is 1. The average Bonchev–Trinajstić information content (AvgIpc) is 3.29. The van der Waals surface area contributed by atoms with Gasteiger partial charge in [0.05, 0.1) is 12.1 Å². The van der Waals surface area contributed by atoms with Crippen LogP contribution < -0.4 is 16.6 Å². The second-order valence-electron chi connectivity index (χ2n) is 6.91. The molecule has 0 bridgehead atoms. The zero-order chi connectivity index (χ0) is 22.4. The van der Waals surface area contributed by atoms with Crippen LogP contribution in [0.25, 0.3) is 22.4 Å². The molecule has 0 radical (unpaired) electrons. The van der Waals surface area contributed by atoms with Crippen molar-refractivity contribution >= 4 is 33.5 Å². The number of aromatic nitrogens is 3. The van der Waals surface area contributed by atoms with Crippen LogP contribution in [0, 0.1) is 18.6 Å². The normalized spacial score (nSPS) is 11.3. The number of furan rings is 1. The lowest BCUT2D eigenvalue weighted by molar-refractivity contribution is -0.115. The van der Waals surface area contributed by atoms with Gasteiger partial charge in [0.15, 0.2) is 5.13 Å². The van der Waals surface area contributed by atoms with Crippen molar-refractivity contribution in [3.8, 4) is 11.3 Å². The van der Waals surface area contributed by atoms with Gasteiger partial charge in [-0.2, -0.15) is 0 Å². The van der Waals surface area contributed by atoms with E-state index in [1.807, 2.05) is 0 Å². The molecule has 0 saturated heterocycles. The predicted molar refractivity (Wildman–Crippen MR) is 111 cm³/mol. The molecule has 0 saturated carbocycles. The zero-order valence-electron chi connectivity index (χ0n) is 16.7. The summed E-state index contributed by atoms with van der Waals surface area (Å²) in [6, 6.07) is 3.15. The molecule has 1 amide bonds. The van der Waals surface area contributed by atoms with Crippen molar-refractivity contribution in [2.75, 3.05) is 5.32 Å². The molecule has 4 rings (SSSR count). The molecular formula is C20H16F2N4O4S. The SMILES string of the molecule is Cc1oc2c(c1CC(=O)Nc1nc(-c3ccc(F)cc3F)cs1)c(=O)n(C)c(=O)n2C. The van der Waals surface area contributed by atoms with Gasteiger partial charge in [-0.25, -0.2) is 18.6 Å². The highest BCUT2D eigenvalue weighted by Gasteiger charge is 2.22. The lowest BCUT2D eigenvalue weighted by Gasteiger charge is -2.04. The quantitative estimate of drug-likeness (QED) is 0.520. The Labute approximate surface area is 177 Å². The number of aryl methyl sites for hydroxylation is 2. The topological polar surface area (TPSA) is 99.1 Å². The van der Waals surface area contributed by atoms with Gasteiger partial charge in [0, 0.05) is 36.7 Å². The molecule has 31 heavy (non-hydrogen) atoms. The first-order valence-corrected chi connectivity index (χ1v) is 9.94. The van der Waals surface area contributed by atoms with E-state index < -0.39 is 28.8 Å². The van der Waals surface area contributed by atoms with Gasteiger partial charge < -0.3 is 9.73 Å². The second-order valence-corrected chi connectivity index (χ2v) is 7.77. The highest BCUT2D eigenvalue weighted by molar-refractivity contribution is 7.14. The number of benzene rings is 1. The molecule has 3 heterocycles. The highest BCUT2D eigenvalue weighted by atomic mass is 32.1. The Morgan fingerprint density at radius 1 is 1.23 bits per heavy atom. The molecule has 0 unspecified atom stereocenters. The third-order valence-corrected chi connectivity index (χ3v) is 5.64. The molecule has 0 aliphatic rings. The maximum absolute atomic E-state index is 14.0. The monoisotopic (exact) mass is 446 g/mol. The van der Waals surface area contributed by atoms with Crippen LogP contribution in [0.3, 0.4) is 0 Å². The molecule has 3 aromatic heterocycles. The van der Waals surface area contributed by atoms with Gasteiger partial charge in [0.25, 0.3) is 5.56 Å². The van der Waals surface area contributed by atoms with Gasteiger partial charge in [-0.15, -0.1) is 11.3 Å². The summed E-state index contributed by atoms with van der Waals surface area (Å²) in [7, 11) is 2.82. The third-order valence-electron chi connectivity index (χ3n) is 4.88. The summed E-state index contributed by atoms with van der Waals surface area (Å²) in [5.74, 6) is -1.58. The zero-order valence-corrected chi connectivity index (χ0v) is 17.5. The summed E-state index contributed by atoms with van der Waals surface area (Å²) >= 11 is 1.08. The average molecular weight is 446 g/mol. The van der Waals surface area contributed by atoms with Crippen LogP contribution in [0.2, 0.25) is 0 Å². The molecule has 8 nitrogen and oxygen atoms in total. The molecule has 1 N–H and O–H groups in total. The van der Waals surface area contributed by atoms with Crippen molar-refractivity contribution in [1.29, 1.82) is 0 Å². The summed E-state index contributed by atoms with van der Waals surface area (Å²) in [5.41, 5.74) is -0.265. The Kier molecular flexibility index (Phi) is 5.05. The molecule has 0 aliphatic heterocycles. The Bertz CT molecular complexity index is 1460. The van der Waals surface area contributed by atoms with Crippen LogP contribution in [0.1, 0.15) is 11.3 Å². The highest BCUT2D eigenvalue weighted by Crippen LogP contribution is 2.28. The van der Waals surface area contributed by atoms with E-state index in [4.69, 9.17) is 4.42 Å². The van der Waals surface area contributed by atoms with E-state index in [9.17, 15) is 23.2 Å². The van der Waals surface area contributed by atoms with Gasteiger partial charge in [0.1, 0.15) is 22.8 Å². The maximum atomic E-state index is 14.0. The second kappa shape index (κ2) is 7.58. The fraction of sp³-hybridized carbons (Fsp3) is 0.200. The van der Waals surface area contributed by atoms with E-state index in [0.717, 1.165) is 28.0 Å². The Morgan fingerprint density at radius 3 is 2.68 bits per heavy atom. The molecule has 4 aromatic rings. The number of rotatable bonds is 4. The Balaban J connectivity index is 1.61. The number of hydrogen-bond acceptors (Lipinski definition) is 6. The minimum atomic E-state index is -0.759. The van der Waals surface area contributed by atoms with Crippen molar-refractivity contribution < 1.29 is 18.0 Å². The number of hydrogen-bond donors (Lipinski definition) is 1. The fourth-order valence-corrected chi connectivity index (χ4v) is 4.00. The van der Waals surface area contributed by atoms with Crippen molar-refractivity contribution in [3.63, 3.8) is 0 Å². The standard InChI is InChI=1S/C20H16F2N4O4S/c1-9-12(16-17(28)25(2)20(29)26(3)18(16)30-9)7-15(27)24-19-23-14(8-31-19)11-5-4-10(21)6-13(11)22/h4-6,8H,7H2,1-3H3,(H,23,24,27). The molecule has 0 aliphatic carbocycles. The van der Waals surface area contributed by atoms with E-state index in [2.05, 4.69) is 10.3 Å². The van der Waals surface area contributed by atoms with Crippen LogP contribution in [-0.4, -0.2) is 20.0 Å². The minimum Gasteiger partial charge on any atom is -0.444 e. The Hall–Kier alpha value is -3.60. The van der Waals surface area contributed by atoms with Crippen molar-refractivity contribution in [2.24, 2.45) is 14.1 Å². The molecular weight excluding hydrogens is 430 g/mol. The summed E-state index contributed by atoms with van der Waals surface area (Å²) < 4.78 is 34.8. The van der Waals surface area contributed by atoms with E-state index in [1.54, 1.807) is 6.92 Å². The molecule has 0 fully saturated rings. The van der Waals surface area contributed by atoms with Gasteiger partial charge in [-0.1, -0.05) is 0 Å². The van der Waals surface area contributed by atoms with Crippen LogP contribution in [-0.2, 0) is 25.3 Å². The molecule has 11 heteroatoms. The number of carbonyl (C=O) groups is 1. The first kappa shape index (κ1) is 20.7. The molecule has 1 aromatic carbocycles. The van der Waals surface area contributed by atoms with Gasteiger partial charge in [0.2, 0.25) is 11.6 Å². The van der Waals surface area contributed by atoms with E-state index in [-0.39, 0.29) is 33.9 Å². The summed E-state index contributed by atoms with van der Waals surface area (Å²) in [5, 5.41) is 4.52. The summed E-state index contributed by atoms with van der Waals surface area (Å²) in [6.07, 6.45) is -0.188. The van der Waals surface area contributed by atoms with Crippen molar-refractivity contribution in [3.05, 3.63) is 67.4 Å². The number of halogens is 2. The van der Waals surface area contributed by atoms with Gasteiger partial charge in [-0.3, -0.25) is 18.7 Å². The van der Waals surface area contributed by atoms with Crippen molar-refractivity contribution in [1.82, 2.24) is 14.1 Å². The van der Waals surface area contributed by atoms with Gasteiger partial charge >= 0.3 is 5.69 Å². The van der Waals surface area contributed by atoms with Crippen LogP contribution in [0.4, 0.5) is 13.9 Å². The Morgan fingerprint density at radius 2 is 1.97 bits per heavy atom. The van der Waals surface area contributed by atoms with Crippen LogP contribution in [0.5, 0.6) is 0 Å². The smallest absolute Gasteiger partial charge is 0.333 e. The third kappa shape index (κ3) is 3.56. The predicted octanol–water partition coefficient (Wildman–Crippen LogP) is 2.72. The fourth-order valence-electron chi connectivity index (χ4n) is 3.27. The van der Waals surface area contributed by atoms with E-state index in [1.165, 1.54) is 30.1 Å². The summed E-state index contributed by atoms with van der Waals surface area (Å²) in [6.45, 7) is 1.60. The maximum Gasteiger partial charge on any atom is 0.333 e. The lowest BCUT2D eigenvalue weighted by Crippen LogP contribution is -2.36. The number of thiazole rings is 1. The minimum absolute atomic E-state index is 0.0942. The first-order valence-electron chi connectivity index (χ1n) is 9.06. The van der Waals surface area contributed by atoms with Gasteiger partial charge in [-0.05, 0) is 19.1 Å². The summed E-state index contributed by atoms with van der Waals surface area (Å²) in [4.78, 5) is 41.4. The van der Waals surface area contributed by atoms with E-state index in [0.29, 0.717) is 11.3 Å². The van der Waals surface area contributed by atoms with Crippen LogP contribution >= 0.6 is 11.3 Å².